The lowest BCUT2D eigenvalue weighted by Crippen LogP contribution is -2.28. The Morgan fingerprint density at radius 1 is 1.37 bits per heavy atom. The van der Waals surface area contributed by atoms with E-state index in [4.69, 9.17) is 9.26 Å². The zero-order valence-corrected chi connectivity index (χ0v) is 12.5. The van der Waals surface area contributed by atoms with Gasteiger partial charge in [-0.05, 0) is 18.8 Å². The Bertz CT molecular complexity index is 400. The van der Waals surface area contributed by atoms with E-state index in [-0.39, 0.29) is 12.2 Å². The summed E-state index contributed by atoms with van der Waals surface area (Å²) in [5, 5.41) is 3.97. The quantitative estimate of drug-likeness (QED) is 0.725. The maximum atomic E-state index is 11.7. The highest BCUT2D eigenvalue weighted by Gasteiger charge is 2.33. The molecule has 1 aromatic heterocycles. The molecule has 0 radical (unpaired) electrons. The van der Waals surface area contributed by atoms with Crippen molar-refractivity contribution in [2.75, 3.05) is 7.11 Å². The molecular formula is C14H24N2O3. The normalized spacial score (nSPS) is 12.1. The van der Waals surface area contributed by atoms with E-state index in [1.807, 2.05) is 27.7 Å². The number of hydrogen-bond donors (Lipinski definition) is 0. The third-order valence-corrected chi connectivity index (χ3v) is 3.39. The van der Waals surface area contributed by atoms with Crippen molar-refractivity contribution in [2.45, 2.75) is 59.0 Å². The summed E-state index contributed by atoms with van der Waals surface area (Å²) in [5.74, 6) is 1.39. The van der Waals surface area contributed by atoms with Gasteiger partial charge in [0.25, 0.3) is 0 Å². The number of rotatable bonds is 8. The van der Waals surface area contributed by atoms with Crippen molar-refractivity contribution in [1.29, 1.82) is 0 Å². The van der Waals surface area contributed by atoms with Crippen LogP contribution in [-0.4, -0.2) is 23.0 Å². The molecule has 0 bridgehead atoms. The first-order valence-corrected chi connectivity index (χ1v) is 6.87. The third kappa shape index (κ3) is 3.86. The third-order valence-electron chi connectivity index (χ3n) is 3.39. The van der Waals surface area contributed by atoms with Gasteiger partial charge in [-0.15, -0.1) is 0 Å². The van der Waals surface area contributed by atoms with Crippen molar-refractivity contribution in [3.63, 3.8) is 0 Å². The van der Waals surface area contributed by atoms with Gasteiger partial charge in [0.15, 0.2) is 0 Å². The second-order valence-corrected chi connectivity index (χ2v) is 5.23. The number of methoxy groups -OCH3 is 1. The Morgan fingerprint density at radius 2 is 2.00 bits per heavy atom. The Kier molecular flexibility index (Phi) is 5.66. The summed E-state index contributed by atoms with van der Waals surface area (Å²) in [6, 6.07) is 0. The van der Waals surface area contributed by atoms with Crippen molar-refractivity contribution in [1.82, 2.24) is 10.1 Å². The van der Waals surface area contributed by atoms with Crippen LogP contribution >= 0.6 is 0 Å². The molecule has 0 amide bonds. The van der Waals surface area contributed by atoms with E-state index in [1.54, 1.807) is 7.11 Å². The van der Waals surface area contributed by atoms with Crippen LogP contribution in [0.1, 0.15) is 58.7 Å². The molecule has 0 saturated heterocycles. The molecule has 0 saturated carbocycles. The predicted molar refractivity (Wildman–Crippen MR) is 71.7 cm³/mol. The molecule has 1 rings (SSSR count). The van der Waals surface area contributed by atoms with Gasteiger partial charge in [-0.2, -0.15) is 4.98 Å². The van der Waals surface area contributed by atoms with Gasteiger partial charge >= 0.3 is 0 Å². The first kappa shape index (κ1) is 15.8. The number of ketones is 1. The van der Waals surface area contributed by atoms with Crippen LogP contribution in [0.2, 0.25) is 0 Å². The molecule has 0 aliphatic carbocycles. The summed E-state index contributed by atoms with van der Waals surface area (Å²) < 4.78 is 10.7. The molecule has 0 atom stereocenters. The number of Topliss-reactive ketones (excluding diaryl/α,β-unsaturated/α-hetero) is 1. The Labute approximate surface area is 114 Å². The predicted octanol–water partition coefficient (Wildman–Crippen LogP) is 2.89. The molecular weight excluding hydrogens is 244 g/mol. The fourth-order valence-electron chi connectivity index (χ4n) is 2.15. The van der Waals surface area contributed by atoms with Gasteiger partial charge in [-0.3, -0.25) is 4.79 Å². The van der Waals surface area contributed by atoms with Gasteiger partial charge in [0.05, 0.1) is 6.42 Å². The van der Waals surface area contributed by atoms with Gasteiger partial charge in [-0.1, -0.05) is 32.9 Å². The van der Waals surface area contributed by atoms with Crippen molar-refractivity contribution in [3.05, 3.63) is 11.7 Å². The van der Waals surface area contributed by atoms with E-state index in [1.165, 1.54) is 0 Å². The monoisotopic (exact) mass is 268 g/mol. The van der Waals surface area contributed by atoms with E-state index in [0.717, 1.165) is 12.8 Å². The molecule has 0 aliphatic heterocycles. The van der Waals surface area contributed by atoms with Crippen LogP contribution in [0.3, 0.4) is 0 Å². The van der Waals surface area contributed by atoms with Gasteiger partial charge in [-0.25, -0.2) is 0 Å². The summed E-state index contributed by atoms with van der Waals surface area (Å²) in [7, 11) is 1.65. The summed E-state index contributed by atoms with van der Waals surface area (Å²) in [4.78, 5) is 16.1. The molecule has 0 aromatic carbocycles. The highest BCUT2D eigenvalue weighted by molar-refractivity contribution is 5.80. The summed E-state index contributed by atoms with van der Waals surface area (Å²) in [5.41, 5.74) is -0.511. The van der Waals surface area contributed by atoms with E-state index >= 15 is 0 Å². The maximum absolute atomic E-state index is 11.7. The highest BCUT2D eigenvalue weighted by atomic mass is 16.5. The zero-order chi connectivity index (χ0) is 14.5. The van der Waals surface area contributed by atoms with Gasteiger partial charge in [0.2, 0.25) is 11.7 Å². The molecule has 1 heterocycles. The van der Waals surface area contributed by atoms with Crippen molar-refractivity contribution < 1.29 is 14.1 Å². The average Bonchev–Trinajstić information content (AvgIpc) is 2.80. The van der Waals surface area contributed by atoms with Crippen LogP contribution in [-0.2, 0) is 21.6 Å². The average molecular weight is 268 g/mol. The largest absolute Gasteiger partial charge is 0.370 e. The Balaban J connectivity index is 2.79. The summed E-state index contributed by atoms with van der Waals surface area (Å²) >= 11 is 0. The molecule has 19 heavy (non-hydrogen) atoms. The smallest absolute Gasteiger partial charge is 0.234 e. The molecule has 0 aliphatic rings. The number of ether oxygens (including phenoxy) is 1. The number of carbonyl (C=O) groups is 1. The molecule has 5 nitrogen and oxygen atoms in total. The molecule has 0 spiro atoms. The van der Waals surface area contributed by atoms with Crippen LogP contribution in [0.5, 0.6) is 0 Å². The van der Waals surface area contributed by atoms with Gasteiger partial charge in [0, 0.05) is 13.5 Å². The number of nitrogens with zero attached hydrogens (tertiary/aromatic N) is 2. The number of carbonyl (C=O) groups excluding carboxylic acids is 1. The standard InChI is InChI=1S/C14H24N2O3/c1-6-14(7-2,18-5)13-15-12(19-16-13)9-11(17)8-10(3)4/h10H,6-9H2,1-5H3. The lowest BCUT2D eigenvalue weighted by molar-refractivity contribution is -0.119. The number of hydrogen-bond acceptors (Lipinski definition) is 5. The molecule has 108 valence electrons. The number of aromatic nitrogens is 2. The van der Waals surface area contributed by atoms with Crippen LogP contribution in [0, 0.1) is 5.92 Å². The fraction of sp³-hybridized carbons (Fsp3) is 0.786. The molecule has 0 unspecified atom stereocenters. The second-order valence-electron chi connectivity index (χ2n) is 5.23. The van der Waals surface area contributed by atoms with E-state index in [2.05, 4.69) is 10.1 Å². The second kappa shape index (κ2) is 6.80. The summed E-state index contributed by atoms with van der Waals surface area (Å²) in [6.07, 6.45) is 2.27. The van der Waals surface area contributed by atoms with Gasteiger partial charge in [0.1, 0.15) is 11.4 Å². The molecule has 1 aromatic rings. The van der Waals surface area contributed by atoms with E-state index in [0.29, 0.717) is 24.1 Å². The van der Waals surface area contributed by atoms with E-state index in [9.17, 15) is 4.79 Å². The minimum absolute atomic E-state index is 0.126. The Morgan fingerprint density at radius 3 is 2.47 bits per heavy atom. The van der Waals surface area contributed by atoms with Crippen molar-refractivity contribution >= 4 is 5.78 Å². The van der Waals surface area contributed by atoms with Crippen molar-refractivity contribution in [2.24, 2.45) is 5.92 Å². The van der Waals surface area contributed by atoms with Crippen LogP contribution < -0.4 is 0 Å². The van der Waals surface area contributed by atoms with Crippen molar-refractivity contribution in [3.8, 4) is 0 Å². The first-order valence-electron chi connectivity index (χ1n) is 6.87. The molecule has 0 N–H and O–H groups in total. The summed E-state index contributed by atoms with van der Waals surface area (Å²) in [6.45, 7) is 8.07. The Hall–Kier alpha value is -1.23. The fourth-order valence-corrected chi connectivity index (χ4v) is 2.15. The minimum atomic E-state index is -0.511. The topological polar surface area (TPSA) is 65.2 Å². The van der Waals surface area contributed by atoms with Crippen LogP contribution in [0.25, 0.3) is 0 Å². The SMILES string of the molecule is CCC(CC)(OC)c1noc(CC(=O)CC(C)C)n1. The van der Waals surface area contributed by atoms with Gasteiger partial charge < -0.3 is 9.26 Å². The lowest BCUT2D eigenvalue weighted by atomic mass is 9.96. The molecule has 0 fully saturated rings. The molecule has 5 heteroatoms. The van der Waals surface area contributed by atoms with Crippen LogP contribution in [0.15, 0.2) is 4.52 Å². The van der Waals surface area contributed by atoms with Crippen LogP contribution in [0.4, 0.5) is 0 Å². The van der Waals surface area contributed by atoms with E-state index < -0.39 is 5.60 Å². The minimum Gasteiger partial charge on any atom is -0.370 e. The highest BCUT2D eigenvalue weighted by Crippen LogP contribution is 2.30. The maximum Gasteiger partial charge on any atom is 0.234 e. The zero-order valence-electron chi connectivity index (χ0n) is 12.5. The first-order chi connectivity index (χ1) is 8.97. The lowest BCUT2D eigenvalue weighted by Gasteiger charge is -2.25.